The molecule has 2 aliphatic carbocycles. The number of phenolic OH excluding ortho intramolecular Hbond substituents is 1. The number of aromatic hydroxyl groups is 1. The van der Waals surface area contributed by atoms with Crippen molar-refractivity contribution < 1.29 is 14.7 Å². The lowest BCUT2D eigenvalue weighted by atomic mass is 9.63. The Labute approximate surface area is 173 Å². The van der Waals surface area contributed by atoms with Crippen molar-refractivity contribution in [2.75, 3.05) is 6.54 Å². The first-order chi connectivity index (χ1) is 13.5. The van der Waals surface area contributed by atoms with Gasteiger partial charge in [0.05, 0.1) is 0 Å². The Hall–Kier alpha value is -2.36. The van der Waals surface area contributed by atoms with Crippen LogP contribution in [0.2, 0.25) is 0 Å². The first kappa shape index (κ1) is 19.9. The van der Waals surface area contributed by atoms with Crippen molar-refractivity contribution in [1.82, 2.24) is 4.90 Å². The summed E-state index contributed by atoms with van der Waals surface area (Å²) in [5.74, 6) is 0.167. The van der Waals surface area contributed by atoms with Crippen LogP contribution in [0.15, 0.2) is 46.8 Å². The Morgan fingerprint density at radius 2 is 1.31 bits per heavy atom. The van der Waals surface area contributed by atoms with Gasteiger partial charge < -0.3 is 10.0 Å². The average Bonchev–Trinajstić information content (AvgIpc) is 2.59. The van der Waals surface area contributed by atoms with Gasteiger partial charge in [-0.05, 0) is 48.3 Å². The largest absolute Gasteiger partial charge is 0.508 e. The van der Waals surface area contributed by atoms with Gasteiger partial charge in [0.2, 0.25) is 0 Å². The number of allylic oxidation sites excluding steroid dienone is 4. The Bertz CT molecular complexity index is 893. The summed E-state index contributed by atoms with van der Waals surface area (Å²) in [6.45, 7) is 11.5. The topological polar surface area (TPSA) is 57.6 Å². The molecule has 1 aliphatic heterocycles. The van der Waals surface area contributed by atoms with Crippen molar-refractivity contribution >= 4 is 11.6 Å². The fraction of sp³-hybridized carbons (Fsp3) is 0.520. The second kappa shape index (κ2) is 6.58. The zero-order valence-electron chi connectivity index (χ0n) is 18.1. The molecule has 4 rings (SSSR count). The zero-order chi connectivity index (χ0) is 21.1. The number of phenols is 1. The van der Waals surface area contributed by atoms with Gasteiger partial charge in [0, 0.05) is 47.8 Å². The second-order valence-corrected chi connectivity index (χ2v) is 10.4. The molecule has 0 spiro atoms. The number of ketones is 2. The van der Waals surface area contributed by atoms with Gasteiger partial charge in [-0.2, -0.15) is 0 Å². The summed E-state index contributed by atoms with van der Waals surface area (Å²) in [5.41, 5.74) is 4.52. The third kappa shape index (κ3) is 3.33. The molecular weight excluding hydrogens is 362 g/mol. The second-order valence-electron chi connectivity index (χ2n) is 10.4. The van der Waals surface area contributed by atoms with Crippen molar-refractivity contribution in [1.29, 1.82) is 0 Å². The third-order valence-electron chi connectivity index (χ3n) is 6.56. The van der Waals surface area contributed by atoms with Gasteiger partial charge in [-0.25, -0.2) is 0 Å². The lowest BCUT2D eigenvalue weighted by molar-refractivity contribution is -0.119. The van der Waals surface area contributed by atoms with Crippen LogP contribution >= 0.6 is 0 Å². The van der Waals surface area contributed by atoms with Crippen molar-refractivity contribution in [2.24, 2.45) is 10.8 Å². The van der Waals surface area contributed by atoms with Crippen LogP contribution in [-0.4, -0.2) is 28.1 Å². The molecule has 0 fully saturated rings. The smallest absolute Gasteiger partial charge is 0.162 e. The van der Waals surface area contributed by atoms with Crippen molar-refractivity contribution in [3.05, 3.63) is 52.4 Å². The minimum atomic E-state index is -0.324. The summed E-state index contributed by atoms with van der Waals surface area (Å²) in [6, 6.07) is 7.01. The first-order valence-electron chi connectivity index (χ1n) is 10.6. The van der Waals surface area contributed by atoms with E-state index in [9.17, 15) is 14.7 Å². The number of carbonyl (C=O) groups excluding carboxylic acids is 2. The Morgan fingerprint density at radius 3 is 1.72 bits per heavy atom. The molecule has 1 aromatic rings. The van der Waals surface area contributed by atoms with Crippen LogP contribution in [-0.2, 0) is 9.59 Å². The Kier molecular flexibility index (Phi) is 4.52. The number of hydrogen-bond acceptors (Lipinski definition) is 4. The highest BCUT2D eigenvalue weighted by molar-refractivity contribution is 6.06. The summed E-state index contributed by atoms with van der Waals surface area (Å²) in [5, 5.41) is 9.78. The van der Waals surface area contributed by atoms with E-state index < -0.39 is 0 Å². The molecule has 29 heavy (non-hydrogen) atoms. The van der Waals surface area contributed by atoms with E-state index in [1.54, 1.807) is 12.1 Å². The summed E-state index contributed by atoms with van der Waals surface area (Å²) in [4.78, 5) is 29.1. The van der Waals surface area contributed by atoms with E-state index in [2.05, 4.69) is 39.5 Å². The number of benzene rings is 1. The summed E-state index contributed by atoms with van der Waals surface area (Å²) >= 11 is 0. The molecule has 1 aromatic carbocycles. The van der Waals surface area contributed by atoms with Crippen LogP contribution in [0, 0.1) is 10.8 Å². The van der Waals surface area contributed by atoms with Crippen molar-refractivity contribution in [3.8, 4) is 5.75 Å². The van der Waals surface area contributed by atoms with Gasteiger partial charge in [-0.1, -0.05) is 39.8 Å². The van der Waals surface area contributed by atoms with Crippen molar-refractivity contribution in [3.63, 3.8) is 0 Å². The Morgan fingerprint density at radius 1 is 0.862 bits per heavy atom. The fourth-order valence-electron chi connectivity index (χ4n) is 5.43. The average molecular weight is 394 g/mol. The normalized spacial score (nSPS) is 24.0. The molecule has 1 heterocycles. The lowest BCUT2D eigenvalue weighted by Crippen LogP contribution is -2.44. The maximum absolute atomic E-state index is 13.4. The molecule has 3 aliphatic rings. The van der Waals surface area contributed by atoms with E-state index in [1.165, 1.54) is 0 Å². The number of nitrogens with zero attached hydrogens (tertiary/aromatic N) is 1. The first-order valence-corrected chi connectivity index (χ1v) is 10.6. The van der Waals surface area contributed by atoms with Gasteiger partial charge >= 0.3 is 0 Å². The van der Waals surface area contributed by atoms with E-state index in [1.807, 2.05) is 12.1 Å². The number of Topliss-reactive ketones (excluding diaryl/α,β-unsaturated/α-hetero) is 2. The maximum Gasteiger partial charge on any atom is 0.162 e. The Balaban J connectivity index is 1.98. The van der Waals surface area contributed by atoms with E-state index in [-0.39, 0.29) is 34.1 Å². The monoisotopic (exact) mass is 393 g/mol. The van der Waals surface area contributed by atoms with Gasteiger partial charge in [0.1, 0.15) is 5.75 Å². The zero-order valence-corrected chi connectivity index (χ0v) is 18.1. The van der Waals surface area contributed by atoms with Gasteiger partial charge in [-0.15, -0.1) is 0 Å². The van der Waals surface area contributed by atoms with Crippen molar-refractivity contribution in [2.45, 2.75) is 66.2 Å². The highest BCUT2D eigenvalue weighted by atomic mass is 16.3. The fourth-order valence-corrected chi connectivity index (χ4v) is 5.43. The molecule has 1 N–H and O–H groups in total. The van der Waals surface area contributed by atoms with E-state index in [4.69, 9.17) is 0 Å². The van der Waals surface area contributed by atoms with Crippen LogP contribution in [0.25, 0.3) is 0 Å². The highest BCUT2D eigenvalue weighted by Crippen LogP contribution is 2.54. The molecule has 0 radical (unpaired) electrons. The van der Waals surface area contributed by atoms with E-state index in [0.29, 0.717) is 12.8 Å². The minimum Gasteiger partial charge on any atom is -0.508 e. The minimum absolute atomic E-state index is 0.0882. The molecule has 4 nitrogen and oxygen atoms in total. The highest BCUT2D eigenvalue weighted by Gasteiger charge is 2.48. The van der Waals surface area contributed by atoms with Crippen LogP contribution in [0.1, 0.15) is 71.8 Å². The molecule has 0 atom stereocenters. The SMILES string of the molecule is CCN1C2=C(C(=O)CC(C)(C)C2)C(c2ccc(O)cc2)C2=C1CC(C)(C)CC2=O. The third-order valence-corrected chi connectivity index (χ3v) is 6.56. The van der Waals surface area contributed by atoms with Gasteiger partial charge in [-0.3, -0.25) is 9.59 Å². The molecule has 0 bridgehead atoms. The van der Waals surface area contributed by atoms with Gasteiger partial charge in [0.25, 0.3) is 0 Å². The van der Waals surface area contributed by atoms with Gasteiger partial charge in [0.15, 0.2) is 11.6 Å². The number of carbonyl (C=O) groups is 2. The van der Waals surface area contributed by atoms with E-state index in [0.717, 1.165) is 47.5 Å². The maximum atomic E-state index is 13.4. The summed E-state index contributed by atoms with van der Waals surface area (Å²) in [6.07, 6.45) is 2.67. The van der Waals surface area contributed by atoms with Crippen LogP contribution < -0.4 is 0 Å². The molecule has 0 unspecified atom stereocenters. The lowest BCUT2D eigenvalue weighted by Gasteiger charge is -2.48. The summed E-state index contributed by atoms with van der Waals surface area (Å²) in [7, 11) is 0. The molecular formula is C25H31NO3. The van der Waals surface area contributed by atoms with E-state index >= 15 is 0 Å². The predicted molar refractivity (Wildman–Crippen MR) is 113 cm³/mol. The summed E-state index contributed by atoms with van der Waals surface area (Å²) < 4.78 is 0. The quantitative estimate of drug-likeness (QED) is 0.760. The molecule has 154 valence electrons. The van der Waals surface area contributed by atoms with Crippen LogP contribution in [0.3, 0.4) is 0 Å². The number of hydrogen-bond donors (Lipinski definition) is 1. The molecule has 0 amide bonds. The predicted octanol–water partition coefficient (Wildman–Crippen LogP) is 5.10. The molecule has 4 heteroatoms. The van der Waals surface area contributed by atoms with Crippen LogP contribution in [0.4, 0.5) is 0 Å². The molecule has 0 saturated carbocycles. The standard InChI is InChI=1S/C25H31NO3/c1-6-26-17-11-24(2,3)13-19(28)22(17)21(15-7-9-16(27)10-8-15)23-18(26)12-25(4,5)14-20(23)29/h7-10,21,27H,6,11-14H2,1-5H3. The number of rotatable bonds is 2. The molecule has 0 aromatic heterocycles. The van der Waals surface area contributed by atoms with Crippen LogP contribution in [0.5, 0.6) is 5.75 Å². The molecule has 0 saturated heterocycles.